The Labute approximate surface area is 224 Å². The number of hydrogen-bond donors (Lipinski definition) is 1. The van der Waals surface area contributed by atoms with E-state index >= 15 is 0 Å². The molecule has 2 atom stereocenters. The normalized spacial score (nSPS) is 19.4. The van der Waals surface area contributed by atoms with Crippen LogP contribution < -0.4 is 4.90 Å². The van der Waals surface area contributed by atoms with E-state index in [1.807, 2.05) is 0 Å². The van der Waals surface area contributed by atoms with Gasteiger partial charge in [-0.25, -0.2) is 14.1 Å². The molecule has 0 saturated heterocycles. The highest BCUT2D eigenvalue weighted by Crippen LogP contribution is 2.45. The fourth-order valence-electron chi connectivity index (χ4n) is 4.46. The van der Waals surface area contributed by atoms with Gasteiger partial charge in [-0.05, 0) is 66.4 Å². The summed E-state index contributed by atoms with van der Waals surface area (Å²) in [4.78, 5) is 30.6. The van der Waals surface area contributed by atoms with Crippen molar-refractivity contribution in [3.05, 3.63) is 77.8 Å². The zero-order valence-corrected chi connectivity index (χ0v) is 23.7. The van der Waals surface area contributed by atoms with Gasteiger partial charge in [-0.2, -0.15) is 0 Å². The first kappa shape index (κ1) is 27.6. The Balaban J connectivity index is 1.92. The Hall–Kier alpha value is -3.43. The molecule has 2 aromatic carbocycles. The number of nitrogens with zero attached hydrogens (tertiary/aromatic N) is 2. The van der Waals surface area contributed by atoms with E-state index in [2.05, 4.69) is 40.4 Å². The highest BCUT2D eigenvalue weighted by molar-refractivity contribution is 6.74. The summed E-state index contributed by atoms with van der Waals surface area (Å²) in [6.07, 6.45) is 1.99. The summed E-state index contributed by atoms with van der Waals surface area (Å²) in [7, 11) is -2.51. The second kappa shape index (κ2) is 10.0. The van der Waals surface area contributed by atoms with Gasteiger partial charge in [0, 0.05) is 12.3 Å². The van der Waals surface area contributed by atoms with Crippen molar-refractivity contribution < 1.29 is 28.2 Å². The minimum atomic E-state index is -2.51. The van der Waals surface area contributed by atoms with E-state index in [0.717, 1.165) is 11.1 Å². The molecule has 0 aliphatic carbocycles. The largest absolute Gasteiger partial charge is 0.508 e. The second-order valence-corrected chi connectivity index (χ2v) is 16.1. The summed E-state index contributed by atoms with van der Waals surface area (Å²) in [5.74, 6) is -0.723. The average Bonchev–Trinajstić information content (AvgIpc) is 3.25. The van der Waals surface area contributed by atoms with Gasteiger partial charge in [0.05, 0.1) is 17.3 Å². The van der Waals surface area contributed by atoms with E-state index in [4.69, 9.17) is 9.16 Å². The van der Waals surface area contributed by atoms with Crippen LogP contribution in [0.5, 0.6) is 5.75 Å². The first-order chi connectivity index (χ1) is 17.7. The molecule has 7 nitrogen and oxygen atoms in total. The fraction of sp³-hybridized carbons (Fsp3) is 0.379. The predicted octanol–water partition coefficient (Wildman–Crippen LogP) is 6.59. The zero-order chi connectivity index (χ0) is 28.0. The van der Waals surface area contributed by atoms with Crippen LogP contribution >= 0.6 is 0 Å². The number of phenols is 1. The van der Waals surface area contributed by atoms with Gasteiger partial charge in [-0.15, -0.1) is 0 Å². The molecule has 0 bridgehead atoms. The van der Waals surface area contributed by atoms with Crippen LogP contribution in [0.2, 0.25) is 18.1 Å². The quantitative estimate of drug-likeness (QED) is 0.343. The molecule has 2 aliphatic rings. The van der Waals surface area contributed by atoms with Gasteiger partial charge in [-0.3, -0.25) is 4.79 Å². The Morgan fingerprint density at radius 3 is 2.50 bits per heavy atom. The maximum absolute atomic E-state index is 14.0. The smallest absolute Gasteiger partial charge is 0.416 e. The van der Waals surface area contributed by atoms with Crippen molar-refractivity contribution in [2.45, 2.75) is 64.5 Å². The van der Waals surface area contributed by atoms with Gasteiger partial charge in [0.15, 0.2) is 14.5 Å². The lowest BCUT2D eigenvalue weighted by Crippen LogP contribution is -2.57. The Morgan fingerprint density at radius 1 is 1.24 bits per heavy atom. The van der Waals surface area contributed by atoms with E-state index in [1.54, 1.807) is 36.2 Å². The number of carbonyl (C=O) groups excluding carboxylic acids is 2. The van der Waals surface area contributed by atoms with Crippen LogP contribution in [0.15, 0.2) is 55.3 Å². The third-order valence-corrected chi connectivity index (χ3v) is 12.1. The number of benzene rings is 2. The molecule has 1 N–H and O–H groups in total. The molecule has 4 rings (SSSR count). The molecule has 0 unspecified atom stereocenters. The van der Waals surface area contributed by atoms with Crippen molar-refractivity contribution in [3.8, 4) is 5.75 Å². The molecule has 2 aromatic rings. The Morgan fingerprint density at radius 2 is 1.89 bits per heavy atom. The lowest BCUT2D eigenvalue weighted by Gasteiger charge is -2.44. The standard InChI is InChI=1S/C29H35FN2O5Si/c1-8-13-36-28(35)32-23-16-25(33)18(2)14-22(23)26(34)31-17-20(19-9-11-21(30)12-10-19)15-24(31)27(32)37-38(6,7)29(3,4)5/h8-12,14,16-17,24,27,33H,1,13,15H2,2-7H3/t24-,27-/m0/s1. The molecular weight excluding hydrogens is 503 g/mol. The predicted molar refractivity (Wildman–Crippen MR) is 148 cm³/mol. The van der Waals surface area contributed by atoms with Crippen molar-refractivity contribution in [1.82, 2.24) is 4.90 Å². The number of aryl methyl sites for hydroxylation is 1. The number of fused-ring (bicyclic) bond motifs is 2. The topological polar surface area (TPSA) is 79.3 Å². The van der Waals surface area contributed by atoms with Crippen LogP contribution in [0.1, 0.15) is 48.7 Å². The van der Waals surface area contributed by atoms with Gasteiger partial charge < -0.3 is 19.2 Å². The van der Waals surface area contributed by atoms with E-state index in [-0.39, 0.29) is 40.4 Å². The van der Waals surface area contributed by atoms with Gasteiger partial charge in [-0.1, -0.05) is 45.6 Å². The Kier molecular flexibility index (Phi) is 7.29. The summed E-state index contributed by atoms with van der Waals surface area (Å²) < 4.78 is 26.0. The molecule has 0 radical (unpaired) electrons. The molecule has 0 aromatic heterocycles. The summed E-state index contributed by atoms with van der Waals surface area (Å²) in [5, 5.41) is 10.4. The van der Waals surface area contributed by atoms with Crippen molar-refractivity contribution in [2.75, 3.05) is 11.5 Å². The molecule has 2 amide bonds. The molecular formula is C29H35FN2O5Si. The van der Waals surface area contributed by atoms with Crippen LogP contribution in [-0.2, 0) is 9.16 Å². The molecule has 202 valence electrons. The number of hydrogen-bond acceptors (Lipinski definition) is 5. The Bertz CT molecular complexity index is 1300. The average molecular weight is 539 g/mol. The van der Waals surface area contributed by atoms with Crippen molar-refractivity contribution >= 4 is 31.6 Å². The van der Waals surface area contributed by atoms with Crippen molar-refractivity contribution in [1.29, 1.82) is 0 Å². The lowest BCUT2D eigenvalue weighted by molar-refractivity contribution is 0.0590. The minimum Gasteiger partial charge on any atom is -0.508 e. The number of anilines is 1. The number of ether oxygens (including phenoxy) is 1. The fourth-order valence-corrected chi connectivity index (χ4v) is 5.68. The minimum absolute atomic E-state index is 0.0310. The SMILES string of the molecule is C=CCOC(=O)N1c2cc(O)c(C)cc2C(=O)N2C=C(c3ccc(F)cc3)C[C@H]2[C@@H]1O[Si](C)(C)C(C)(C)C. The monoisotopic (exact) mass is 538 g/mol. The molecule has 0 saturated carbocycles. The third kappa shape index (κ3) is 5.00. The number of rotatable bonds is 5. The van der Waals surface area contributed by atoms with E-state index in [1.165, 1.54) is 29.2 Å². The maximum atomic E-state index is 14.0. The number of carbonyl (C=O) groups is 2. The molecule has 2 aliphatic heterocycles. The van der Waals surface area contributed by atoms with E-state index in [9.17, 15) is 19.1 Å². The summed E-state index contributed by atoms with van der Waals surface area (Å²) >= 11 is 0. The van der Waals surface area contributed by atoms with Crippen molar-refractivity contribution in [2.24, 2.45) is 0 Å². The van der Waals surface area contributed by atoms with Gasteiger partial charge >= 0.3 is 6.09 Å². The summed E-state index contributed by atoms with van der Waals surface area (Å²) in [5.41, 5.74) is 2.58. The van der Waals surface area contributed by atoms with Crippen LogP contribution in [0.4, 0.5) is 14.9 Å². The van der Waals surface area contributed by atoms with Crippen LogP contribution in [0, 0.1) is 12.7 Å². The number of halogens is 1. The van der Waals surface area contributed by atoms with Crippen LogP contribution in [0.3, 0.4) is 0 Å². The zero-order valence-electron chi connectivity index (χ0n) is 22.7. The summed E-state index contributed by atoms with van der Waals surface area (Å²) in [6.45, 7) is 15.7. The van der Waals surface area contributed by atoms with Crippen molar-refractivity contribution in [3.63, 3.8) is 0 Å². The molecule has 0 spiro atoms. The second-order valence-electron chi connectivity index (χ2n) is 11.3. The van der Waals surface area contributed by atoms with Crippen LogP contribution in [-0.4, -0.2) is 49.2 Å². The van der Waals surface area contributed by atoms with Gasteiger partial charge in [0.1, 0.15) is 18.2 Å². The third-order valence-electron chi connectivity index (χ3n) is 7.66. The highest BCUT2D eigenvalue weighted by Gasteiger charge is 2.50. The number of phenolic OH excluding ortho intramolecular Hbond substituents is 1. The van der Waals surface area contributed by atoms with Gasteiger partial charge in [0.2, 0.25) is 0 Å². The summed E-state index contributed by atoms with van der Waals surface area (Å²) in [6, 6.07) is 8.53. The van der Waals surface area contributed by atoms with Crippen LogP contribution in [0.25, 0.3) is 5.57 Å². The maximum Gasteiger partial charge on any atom is 0.416 e. The first-order valence-electron chi connectivity index (χ1n) is 12.6. The van der Waals surface area contributed by atoms with Gasteiger partial charge in [0.25, 0.3) is 5.91 Å². The molecule has 9 heteroatoms. The highest BCUT2D eigenvalue weighted by atomic mass is 28.4. The first-order valence-corrected chi connectivity index (χ1v) is 15.5. The molecule has 2 heterocycles. The van der Waals surface area contributed by atoms with E-state index in [0.29, 0.717) is 12.0 Å². The molecule has 0 fully saturated rings. The molecule has 38 heavy (non-hydrogen) atoms. The number of aromatic hydroxyl groups is 1. The number of amides is 2. The lowest BCUT2D eigenvalue weighted by atomic mass is 10.0. The van der Waals surface area contributed by atoms with E-state index < -0.39 is 26.7 Å².